The van der Waals surface area contributed by atoms with E-state index in [2.05, 4.69) is 37.9 Å². The van der Waals surface area contributed by atoms with Gasteiger partial charge in [0.2, 0.25) is 5.89 Å². The predicted molar refractivity (Wildman–Crippen MR) is 76.6 cm³/mol. The Morgan fingerprint density at radius 3 is 3.15 bits per heavy atom. The van der Waals surface area contributed by atoms with Gasteiger partial charge in [-0.15, -0.1) is 21.5 Å². The molecule has 0 unspecified atom stereocenters. The number of thioether (sulfide) groups is 1. The lowest BCUT2D eigenvalue weighted by Gasteiger charge is -2.03. The minimum atomic E-state index is 0.610. The van der Waals surface area contributed by atoms with Crippen molar-refractivity contribution in [3.05, 3.63) is 40.4 Å². The molecule has 0 amide bonds. The van der Waals surface area contributed by atoms with Crippen LogP contribution in [0.25, 0.3) is 0 Å². The summed E-state index contributed by atoms with van der Waals surface area (Å²) in [5.41, 5.74) is 0. The van der Waals surface area contributed by atoms with Gasteiger partial charge in [0.05, 0.1) is 5.75 Å². The van der Waals surface area contributed by atoms with Crippen LogP contribution in [-0.4, -0.2) is 24.9 Å². The summed E-state index contributed by atoms with van der Waals surface area (Å²) in [6.07, 6.45) is 2.75. The van der Waals surface area contributed by atoms with Crippen LogP contribution < -0.4 is 0 Å². The largest absolute Gasteiger partial charge is 0.338 e. The van der Waals surface area contributed by atoms with Crippen molar-refractivity contribution in [3.63, 3.8) is 0 Å². The van der Waals surface area contributed by atoms with Crippen LogP contribution in [-0.2, 0) is 18.7 Å². The van der Waals surface area contributed by atoms with Gasteiger partial charge in [0.25, 0.3) is 0 Å². The first-order valence-electron chi connectivity index (χ1n) is 6.13. The summed E-state index contributed by atoms with van der Waals surface area (Å²) < 4.78 is 7.13. The summed E-state index contributed by atoms with van der Waals surface area (Å²) in [6.45, 7) is 2.68. The Labute approximate surface area is 124 Å². The second-order valence-electron chi connectivity index (χ2n) is 4.16. The van der Waals surface area contributed by atoms with Crippen molar-refractivity contribution >= 4 is 23.1 Å². The first kappa shape index (κ1) is 13.3. The Kier molecular flexibility index (Phi) is 4.12. The van der Waals surface area contributed by atoms with E-state index in [0.717, 1.165) is 18.1 Å². The van der Waals surface area contributed by atoms with E-state index >= 15 is 0 Å². The zero-order valence-electron chi connectivity index (χ0n) is 10.9. The van der Waals surface area contributed by atoms with Gasteiger partial charge in [-0.1, -0.05) is 23.0 Å². The highest BCUT2D eigenvalue weighted by Crippen LogP contribution is 2.20. The molecule has 0 aliphatic rings. The van der Waals surface area contributed by atoms with Gasteiger partial charge in [-0.3, -0.25) is 0 Å². The molecule has 0 aromatic carbocycles. The zero-order valence-corrected chi connectivity index (χ0v) is 12.5. The first-order valence-corrected chi connectivity index (χ1v) is 8.00. The fourth-order valence-corrected chi connectivity index (χ4v) is 3.20. The van der Waals surface area contributed by atoms with E-state index in [9.17, 15) is 0 Å². The van der Waals surface area contributed by atoms with Crippen LogP contribution in [0.4, 0.5) is 0 Å². The maximum Gasteiger partial charge on any atom is 0.237 e. The molecular formula is C12H13N5OS2. The lowest BCUT2D eigenvalue weighted by atomic mass is 10.3. The molecule has 0 atom stereocenters. The molecule has 3 aromatic heterocycles. The molecule has 0 spiro atoms. The van der Waals surface area contributed by atoms with Crippen molar-refractivity contribution in [2.75, 3.05) is 0 Å². The highest BCUT2D eigenvalue weighted by atomic mass is 32.2. The minimum absolute atomic E-state index is 0.610. The fraction of sp³-hybridized carbons (Fsp3) is 0.333. The van der Waals surface area contributed by atoms with Crippen LogP contribution >= 0.6 is 23.1 Å². The zero-order chi connectivity index (χ0) is 13.8. The molecule has 104 valence electrons. The van der Waals surface area contributed by atoms with Crippen LogP contribution in [0.2, 0.25) is 0 Å². The number of thiophene rings is 1. The van der Waals surface area contributed by atoms with Crippen molar-refractivity contribution in [1.29, 1.82) is 0 Å². The van der Waals surface area contributed by atoms with Gasteiger partial charge in [-0.2, -0.15) is 4.98 Å². The van der Waals surface area contributed by atoms with Crippen molar-refractivity contribution < 1.29 is 4.52 Å². The second kappa shape index (κ2) is 6.19. The number of nitrogens with zero attached hydrogens (tertiary/aromatic N) is 5. The summed E-state index contributed by atoms with van der Waals surface area (Å²) in [6, 6.07) is 4.21. The quantitative estimate of drug-likeness (QED) is 0.652. The lowest BCUT2D eigenvalue weighted by Crippen LogP contribution is -2.01. The third-order valence-corrected chi connectivity index (χ3v) is 4.56. The summed E-state index contributed by atoms with van der Waals surface area (Å²) in [7, 11) is 0. The van der Waals surface area contributed by atoms with Gasteiger partial charge in [-0.25, -0.2) is 0 Å². The Bertz CT molecular complexity index is 661. The highest BCUT2D eigenvalue weighted by Gasteiger charge is 2.09. The SMILES string of the molecule is Cc1noc(CSc2nncn2CCc2cccs2)n1. The summed E-state index contributed by atoms with van der Waals surface area (Å²) in [5.74, 6) is 1.87. The van der Waals surface area contributed by atoms with Gasteiger partial charge in [0, 0.05) is 11.4 Å². The van der Waals surface area contributed by atoms with Crippen LogP contribution in [0.15, 0.2) is 33.5 Å². The number of hydrogen-bond acceptors (Lipinski definition) is 7. The number of hydrogen-bond donors (Lipinski definition) is 0. The van der Waals surface area contributed by atoms with Gasteiger partial charge in [0.1, 0.15) is 6.33 Å². The summed E-state index contributed by atoms with van der Waals surface area (Å²) >= 11 is 3.32. The number of aryl methyl sites for hydroxylation is 3. The molecular weight excluding hydrogens is 294 g/mol. The molecule has 0 saturated carbocycles. The maximum atomic E-state index is 5.08. The van der Waals surface area contributed by atoms with E-state index in [1.165, 1.54) is 4.88 Å². The number of rotatable bonds is 6. The molecule has 0 bridgehead atoms. The van der Waals surface area contributed by atoms with E-state index in [-0.39, 0.29) is 0 Å². The Hall–Kier alpha value is -1.67. The average molecular weight is 307 g/mol. The van der Waals surface area contributed by atoms with Crippen molar-refractivity contribution in [1.82, 2.24) is 24.9 Å². The number of aromatic nitrogens is 5. The second-order valence-corrected chi connectivity index (χ2v) is 6.14. The molecule has 0 N–H and O–H groups in total. The lowest BCUT2D eigenvalue weighted by molar-refractivity contribution is 0.387. The van der Waals surface area contributed by atoms with Crippen molar-refractivity contribution in [2.24, 2.45) is 0 Å². The predicted octanol–water partition coefficient (Wildman–Crippen LogP) is 2.57. The van der Waals surface area contributed by atoms with E-state index in [4.69, 9.17) is 4.52 Å². The molecule has 20 heavy (non-hydrogen) atoms. The standard InChI is InChI=1S/C12H13N5OS2/c1-9-14-11(18-16-9)7-20-12-15-13-8-17(12)5-4-10-3-2-6-19-10/h2-3,6,8H,4-5,7H2,1H3. The molecule has 0 aliphatic carbocycles. The van der Waals surface area contributed by atoms with E-state index in [0.29, 0.717) is 17.5 Å². The maximum absolute atomic E-state index is 5.08. The smallest absolute Gasteiger partial charge is 0.237 e. The van der Waals surface area contributed by atoms with E-state index in [1.807, 2.05) is 4.57 Å². The van der Waals surface area contributed by atoms with Crippen LogP contribution in [0.5, 0.6) is 0 Å². The van der Waals surface area contributed by atoms with Gasteiger partial charge >= 0.3 is 0 Å². The molecule has 3 heterocycles. The highest BCUT2D eigenvalue weighted by molar-refractivity contribution is 7.98. The van der Waals surface area contributed by atoms with Crippen molar-refractivity contribution in [2.45, 2.75) is 30.8 Å². The Balaban J connectivity index is 1.58. The minimum Gasteiger partial charge on any atom is -0.338 e. The van der Waals surface area contributed by atoms with Crippen LogP contribution in [0.3, 0.4) is 0 Å². The van der Waals surface area contributed by atoms with Crippen molar-refractivity contribution in [3.8, 4) is 0 Å². The van der Waals surface area contributed by atoms with Gasteiger partial charge in [0.15, 0.2) is 11.0 Å². The first-order chi connectivity index (χ1) is 9.81. The molecule has 0 fully saturated rings. The Morgan fingerprint density at radius 1 is 1.45 bits per heavy atom. The van der Waals surface area contributed by atoms with Crippen LogP contribution in [0.1, 0.15) is 16.6 Å². The fourth-order valence-electron chi connectivity index (χ4n) is 1.72. The van der Waals surface area contributed by atoms with Gasteiger partial charge in [-0.05, 0) is 24.8 Å². The topological polar surface area (TPSA) is 69.6 Å². The summed E-state index contributed by atoms with van der Waals surface area (Å²) in [4.78, 5) is 5.54. The average Bonchev–Trinajstić information content (AvgIpc) is 3.16. The third-order valence-electron chi connectivity index (χ3n) is 2.65. The molecule has 6 nitrogen and oxygen atoms in total. The monoisotopic (exact) mass is 307 g/mol. The summed E-state index contributed by atoms with van der Waals surface area (Å²) in [5, 5.41) is 14.8. The normalized spacial score (nSPS) is 11.1. The molecule has 3 rings (SSSR count). The molecule has 0 saturated heterocycles. The molecule has 0 radical (unpaired) electrons. The molecule has 0 aliphatic heterocycles. The molecule has 3 aromatic rings. The van der Waals surface area contributed by atoms with Gasteiger partial charge < -0.3 is 9.09 Å². The third kappa shape index (κ3) is 3.26. The van der Waals surface area contributed by atoms with Crippen LogP contribution in [0, 0.1) is 6.92 Å². The Morgan fingerprint density at radius 2 is 2.40 bits per heavy atom. The van der Waals surface area contributed by atoms with E-state index < -0.39 is 0 Å². The van der Waals surface area contributed by atoms with E-state index in [1.54, 1.807) is 36.3 Å². The molecule has 8 heteroatoms.